The van der Waals surface area contributed by atoms with Crippen LogP contribution in [0.3, 0.4) is 0 Å². The van der Waals surface area contributed by atoms with Crippen LogP contribution in [0.1, 0.15) is 41.3 Å². The van der Waals surface area contributed by atoms with Gasteiger partial charge in [0.25, 0.3) is 0 Å². The molecule has 0 aromatic heterocycles. The number of aromatic carboxylic acids is 1. The van der Waals surface area contributed by atoms with Crippen LogP contribution >= 0.6 is 15.9 Å². The lowest BCUT2D eigenvalue weighted by atomic mass is 9.98. The zero-order chi connectivity index (χ0) is 24.5. The van der Waals surface area contributed by atoms with Crippen molar-refractivity contribution in [1.29, 1.82) is 0 Å². The number of ether oxygens (including phenoxy) is 1. The first-order valence-electron chi connectivity index (χ1n) is 10.6. The molecule has 0 fully saturated rings. The molecule has 0 bridgehead atoms. The van der Waals surface area contributed by atoms with E-state index in [4.69, 9.17) is 4.74 Å². The van der Waals surface area contributed by atoms with E-state index in [1.807, 2.05) is 36.4 Å². The molecule has 34 heavy (non-hydrogen) atoms. The molecule has 4 rings (SSSR count). The highest BCUT2D eigenvalue weighted by Crippen LogP contribution is 2.44. The Bertz CT molecular complexity index is 1240. The van der Waals surface area contributed by atoms with Gasteiger partial charge in [0.05, 0.1) is 5.56 Å². The lowest BCUT2D eigenvalue weighted by molar-refractivity contribution is -0.121. The first-order chi connectivity index (χ1) is 16.2. The second-order valence-electron chi connectivity index (χ2n) is 8.53. The number of benzene rings is 3. The molecule has 0 saturated heterocycles. The topological polar surface area (TPSA) is 105 Å². The number of hydrogen-bond donors (Lipinski definition) is 3. The number of rotatable bonds is 6. The van der Waals surface area contributed by atoms with Crippen LogP contribution in [-0.4, -0.2) is 35.2 Å². The van der Waals surface area contributed by atoms with Gasteiger partial charge in [0, 0.05) is 16.1 Å². The minimum Gasteiger partial charge on any atom is -0.478 e. The maximum absolute atomic E-state index is 12.8. The fraction of sp³-hybridized carbons (Fsp3) is 0.192. The third-order valence-corrected chi connectivity index (χ3v) is 6.47. The van der Waals surface area contributed by atoms with Gasteiger partial charge >= 0.3 is 12.1 Å². The van der Waals surface area contributed by atoms with E-state index >= 15 is 0 Å². The summed E-state index contributed by atoms with van der Waals surface area (Å²) in [6.45, 7) is 3.22. The normalized spacial score (nSPS) is 12.4. The number of carboxylic acid groups (broad SMARTS) is 1. The summed E-state index contributed by atoms with van der Waals surface area (Å²) in [4.78, 5) is 36.7. The molecule has 174 valence electrons. The van der Waals surface area contributed by atoms with Crippen LogP contribution in [0.4, 0.5) is 10.5 Å². The highest BCUT2D eigenvalue weighted by atomic mass is 79.9. The van der Waals surface area contributed by atoms with Gasteiger partial charge in [-0.3, -0.25) is 4.79 Å². The molecular weight excluding hydrogens is 500 g/mol. The number of fused-ring (bicyclic) bond motifs is 3. The summed E-state index contributed by atoms with van der Waals surface area (Å²) in [6.07, 6.45) is -0.718. The first kappa shape index (κ1) is 23.5. The smallest absolute Gasteiger partial charge is 0.408 e. The highest BCUT2D eigenvalue weighted by Gasteiger charge is 2.32. The summed E-state index contributed by atoms with van der Waals surface area (Å²) in [5.41, 5.74) is 3.45. The van der Waals surface area contributed by atoms with Crippen molar-refractivity contribution in [1.82, 2.24) is 5.32 Å². The lowest BCUT2D eigenvalue weighted by Gasteiger charge is -2.25. The fourth-order valence-corrected chi connectivity index (χ4v) is 4.42. The molecule has 0 aliphatic heterocycles. The van der Waals surface area contributed by atoms with Crippen molar-refractivity contribution in [3.63, 3.8) is 0 Å². The van der Waals surface area contributed by atoms with Crippen molar-refractivity contribution in [2.45, 2.75) is 25.3 Å². The third kappa shape index (κ3) is 4.68. The van der Waals surface area contributed by atoms with E-state index in [1.165, 1.54) is 12.1 Å². The van der Waals surface area contributed by atoms with Crippen LogP contribution in [0.15, 0.2) is 71.2 Å². The van der Waals surface area contributed by atoms with Gasteiger partial charge in [-0.2, -0.15) is 0 Å². The third-order valence-electron chi connectivity index (χ3n) is 5.78. The van der Waals surface area contributed by atoms with Crippen molar-refractivity contribution in [2.75, 3.05) is 11.9 Å². The van der Waals surface area contributed by atoms with Crippen molar-refractivity contribution in [3.8, 4) is 11.1 Å². The van der Waals surface area contributed by atoms with E-state index in [-0.39, 0.29) is 18.1 Å². The van der Waals surface area contributed by atoms with Crippen molar-refractivity contribution in [2.24, 2.45) is 0 Å². The fourth-order valence-electron chi connectivity index (χ4n) is 4.00. The molecule has 0 atom stereocenters. The second-order valence-corrected chi connectivity index (χ2v) is 9.38. The summed E-state index contributed by atoms with van der Waals surface area (Å²) in [7, 11) is 0. The SMILES string of the molecule is CC(C)(NC(=O)OCC1c2ccccc2-c2ccccc21)C(=O)Nc1ccc(Br)c(C(=O)O)c1. The minimum atomic E-state index is -1.31. The van der Waals surface area contributed by atoms with Gasteiger partial charge in [0.15, 0.2) is 0 Å². The Morgan fingerprint density at radius 2 is 1.56 bits per heavy atom. The number of alkyl carbamates (subject to hydrolysis) is 1. The van der Waals surface area contributed by atoms with Crippen LogP contribution in [-0.2, 0) is 9.53 Å². The highest BCUT2D eigenvalue weighted by molar-refractivity contribution is 9.10. The Labute approximate surface area is 205 Å². The standard InChI is InChI=1S/C26H23BrN2O5/c1-26(2,24(32)28-15-11-12-22(27)20(13-15)23(30)31)29-25(33)34-14-21-18-9-5-3-7-16(18)17-8-4-6-10-19(17)21/h3-13,21H,14H2,1-2H3,(H,28,32)(H,29,33)(H,30,31). The zero-order valence-corrected chi connectivity index (χ0v) is 20.2. The number of nitrogens with one attached hydrogen (secondary N) is 2. The molecule has 3 aromatic rings. The Kier molecular flexibility index (Phi) is 6.43. The van der Waals surface area contributed by atoms with E-state index in [9.17, 15) is 19.5 Å². The Balaban J connectivity index is 1.40. The molecule has 3 N–H and O–H groups in total. The van der Waals surface area contributed by atoms with E-state index in [0.717, 1.165) is 22.3 Å². The summed E-state index contributed by atoms with van der Waals surface area (Å²) in [6, 6.07) is 20.5. The largest absolute Gasteiger partial charge is 0.478 e. The van der Waals surface area contributed by atoms with Crippen LogP contribution in [0.25, 0.3) is 11.1 Å². The van der Waals surface area contributed by atoms with Crippen molar-refractivity contribution < 1.29 is 24.2 Å². The molecule has 0 radical (unpaired) electrons. The second kappa shape index (κ2) is 9.30. The van der Waals surface area contributed by atoms with Crippen LogP contribution < -0.4 is 10.6 Å². The van der Waals surface area contributed by atoms with E-state index < -0.39 is 23.5 Å². The number of carboxylic acids is 1. The number of carbonyl (C=O) groups excluding carboxylic acids is 2. The monoisotopic (exact) mass is 522 g/mol. The van der Waals surface area contributed by atoms with Crippen LogP contribution in [0.2, 0.25) is 0 Å². The van der Waals surface area contributed by atoms with Crippen molar-refractivity contribution in [3.05, 3.63) is 87.9 Å². The molecule has 7 nitrogen and oxygen atoms in total. The maximum atomic E-state index is 12.8. The van der Waals surface area contributed by atoms with Crippen molar-refractivity contribution >= 4 is 39.6 Å². The molecule has 8 heteroatoms. The van der Waals surface area contributed by atoms with Crippen LogP contribution in [0, 0.1) is 0 Å². The number of anilines is 1. The Morgan fingerprint density at radius 1 is 0.971 bits per heavy atom. The summed E-state index contributed by atoms with van der Waals surface area (Å²) >= 11 is 3.17. The predicted octanol–water partition coefficient (Wildman–Crippen LogP) is 5.40. The van der Waals surface area contributed by atoms with E-state index in [0.29, 0.717) is 10.2 Å². The first-order valence-corrected chi connectivity index (χ1v) is 11.4. The molecular formula is C26H23BrN2O5. The number of carbonyl (C=O) groups is 3. The maximum Gasteiger partial charge on any atom is 0.408 e. The Morgan fingerprint density at radius 3 is 2.15 bits per heavy atom. The molecule has 0 saturated carbocycles. The lowest BCUT2D eigenvalue weighted by Crippen LogP contribution is -2.52. The molecule has 1 aliphatic carbocycles. The minimum absolute atomic E-state index is 0.0140. The molecule has 0 spiro atoms. The predicted molar refractivity (Wildman–Crippen MR) is 132 cm³/mol. The van der Waals surface area contributed by atoms with Gasteiger partial charge in [-0.05, 0) is 70.2 Å². The summed E-state index contributed by atoms with van der Waals surface area (Å²) in [5.74, 6) is -1.73. The molecule has 0 heterocycles. The summed E-state index contributed by atoms with van der Waals surface area (Å²) in [5, 5.41) is 14.5. The van der Waals surface area contributed by atoms with Gasteiger partial charge in [-0.15, -0.1) is 0 Å². The summed E-state index contributed by atoms with van der Waals surface area (Å²) < 4.78 is 5.93. The number of hydrogen-bond acceptors (Lipinski definition) is 4. The zero-order valence-electron chi connectivity index (χ0n) is 18.6. The molecule has 3 aromatic carbocycles. The number of halogens is 1. The molecule has 1 aliphatic rings. The number of amides is 2. The Hall–Kier alpha value is -3.65. The molecule has 0 unspecified atom stereocenters. The van der Waals surface area contributed by atoms with E-state index in [1.54, 1.807) is 19.9 Å². The van der Waals surface area contributed by atoms with Gasteiger partial charge < -0.3 is 20.5 Å². The van der Waals surface area contributed by atoms with Gasteiger partial charge in [-0.25, -0.2) is 9.59 Å². The average molecular weight is 523 g/mol. The van der Waals surface area contributed by atoms with Gasteiger partial charge in [0.2, 0.25) is 5.91 Å². The average Bonchev–Trinajstić information content (AvgIpc) is 3.12. The molecule has 2 amide bonds. The van der Waals surface area contributed by atoms with Crippen LogP contribution in [0.5, 0.6) is 0 Å². The quantitative estimate of drug-likeness (QED) is 0.401. The van der Waals surface area contributed by atoms with E-state index in [2.05, 4.69) is 38.7 Å². The van der Waals surface area contributed by atoms with Gasteiger partial charge in [0.1, 0.15) is 12.1 Å². The van der Waals surface area contributed by atoms with Gasteiger partial charge in [-0.1, -0.05) is 48.5 Å².